The minimum atomic E-state index is -0.206. The van der Waals surface area contributed by atoms with Gasteiger partial charge >= 0.3 is 6.09 Å². The van der Waals surface area contributed by atoms with Gasteiger partial charge in [0.1, 0.15) is 5.60 Å². The van der Waals surface area contributed by atoms with E-state index in [1.165, 1.54) is 0 Å². The monoisotopic (exact) mass is 289 g/mol. The highest BCUT2D eigenvalue weighted by molar-refractivity contribution is 5.68. The van der Waals surface area contributed by atoms with E-state index in [4.69, 9.17) is 4.74 Å². The first-order valence-electron chi connectivity index (χ1n) is 7.73. The van der Waals surface area contributed by atoms with Crippen molar-refractivity contribution in [1.29, 1.82) is 0 Å². The van der Waals surface area contributed by atoms with Crippen molar-refractivity contribution in [2.45, 2.75) is 38.3 Å². The summed E-state index contributed by atoms with van der Waals surface area (Å²) in [4.78, 5) is 20.7. The first-order valence-corrected chi connectivity index (χ1v) is 7.73. The number of rotatable bonds is 3. The molecule has 1 aliphatic carbocycles. The molecule has 2 aliphatic rings. The molecule has 2 fully saturated rings. The van der Waals surface area contributed by atoms with E-state index in [2.05, 4.69) is 22.9 Å². The summed E-state index contributed by atoms with van der Waals surface area (Å²) in [7, 11) is 0. The van der Waals surface area contributed by atoms with Gasteiger partial charge in [-0.3, -0.25) is 9.88 Å². The average Bonchev–Trinajstić information content (AvgIpc) is 3.24. The van der Waals surface area contributed by atoms with E-state index in [1.807, 2.05) is 24.1 Å². The topological polar surface area (TPSA) is 45.7 Å². The lowest BCUT2D eigenvalue weighted by Gasteiger charge is -2.40. The van der Waals surface area contributed by atoms with E-state index >= 15 is 0 Å². The second-order valence-electron chi connectivity index (χ2n) is 6.19. The number of pyridine rings is 1. The number of nitrogens with zero attached hydrogens (tertiary/aromatic N) is 3. The summed E-state index contributed by atoms with van der Waals surface area (Å²) in [6, 6.07) is 4.24. The van der Waals surface area contributed by atoms with Crippen LogP contribution in [0.2, 0.25) is 0 Å². The number of likely N-dealkylation sites (N-methyl/N-ethyl adjacent to an activating group) is 1. The third-order valence-electron chi connectivity index (χ3n) is 4.51. The van der Waals surface area contributed by atoms with Gasteiger partial charge in [0.15, 0.2) is 0 Å². The number of aromatic nitrogens is 1. The van der Waals surface area contributed by atoms with Crippen molar-refractivity contribution >= 4 is 6.09 Å². The number of carbonyl (C=O) groups excluding carboxylic acids is 1. The van der Waals surface area contributed by atoms with Crippen molar-refractivity contribution in [2.75, 3.05) is 26.2 Å². The van der Waals surface area contributed by atoms with Gasteiger partial charge in [-0.05, 0) is 37.9 Å². The van der Waals surface area contributed by atoms with Gasteiger partial charge in [0.25, 0.3) is 0 Å². The highest BCUT2D eigenvalue weighted by atomic mass is 16.6. The van der Waals surface area contributed by atoms with Crippen LogP contribution in [0, 0.1) is 0 Å². The van der Waals surface area contributed by atoms with E-state index in [9.17, 15) is 4.79 Å². The van der Waals surface area contributed by atoms with Crippen LogP contribution < -0.4 is 0 Å². The standard InChI is InChI=1S/C16H23N3O2/c1-3-18-9-10-19(15(20)21-16(2)6-7-16)12-14(18)13-5-4-8-17-11-13/h4-5,8,11,14H,3,6-7,9-10,12H2,1-2H3. The molecule has 2 heterocycles. The zero-order chi connectivity index (χ0) is 14.9. The summed E-state index contributed by atoms with van der Waals surface area (Å²) in [5.74, 6) is 0. The summed E-state index contributed by atoms with van der Waals surface area (Å²) in [6.07, 6.45) is 5.48. The summed E-state index contributed by atoms with van der Waals surface area (Å²) < 4.78 is 5.59. The smallest absolute Gasteiger partial charge is 0.410 e. The Hall–Kier alpha value is -1.62. The number of carbonyl (C=O) groups is 1. The molecule has 114 valence electrons. The molecule has 1 atom stereocenters. The molecule has 3 rings (SSSR count). The Morgan fingerprint density at radius 1 is 1.48 bits per heavy atom. The van der Waals surface area contributed by atoms with Crippen LogP contribution in [0.1, 0.15) is 38.3 Å². The van der Waals surface area contributed by atoms with Gasteiger partial charge in [-0.25, -0.2) is 4.79 Å². The molecule has 0 spiro atoms. The van der Waals surface area contributed by atoms with Gasteiger partial charge in [-0.2, -0.15) is 0 Å². The van der Waals surface area contributed by atoms with Gasteiger partial charge < -0.3 is 9.64 Å². The molecule has 1 aromatic heterocycles. The zero-order valence-corrected chi connectivity index (χ0v) is 12.8. The largest absolute Gasteiger partial charge is 0.443 e. The van der Waals surface area contributed by atoms with Crippen LogP contribution in [0.5, 0.6) is 0 Å². The van der Waals surface area contributed by atoms with E-state index < -0.39 is 0 Å². The van der Waals surface area contributed by atoms with E-state index in [0.29, 0.717) is 6.54 Å². The number of hydrogen-bond acceptors (Lipinski definition) is 4. The molecule has 1 unspecified atom stereocenters. The maximum Gasteiger partial charge on any atom is 0.410 e. The van der Waals surface area contributed by atoms with E-state index in [0.717, 1.165) is 38.0 Å². The van der Waals surface area contributed by atoms with E-state index in [-0.39, 0.29) is 17.7 Å². The van der Waals surface area contributed by atoms with Gasteiger partial charge in [0.05, 0.1) is 6.04 Å². The van der Waals surface area contributed by atoms with Crippen LogP contribution >= 0.6 is 0 Å². The molecule has 5 nitrogen and oxygen atoms in total. The Kier molecular flexibility index (Phi) is 3.85. The van der Waals surface area contributed by atoms with Crippen LogP contribution in [0.4, 0.5) is 4.79 Å². The first kappa shape index (κ1) is 14.3. The average molecular weight is 289 g/mol. The summed E-state index contributed by atoms with van der Waals surface area (Å²) in [5.41, 5.74) is 0.956. The van der Waals surface area contributed by atoms with Crippen LogP contribution in [-0.2, 0) is 4.74 Å². The normalized spacial score (nSPS) is 24.7. The lowest BCUT2D eigenvalue weighted by Crippen LogP contribution is -2.51. The molecule has 0 aromatic carbocycles. The fraction of sp³-hybridized carbons (Fsp3) is 0.625. The van der Waals surface area contributed by atoms with Gasteiger partial charge in [0, 0.05) is 32.0 Å². The number of ether oxygens (including phenoxy) is 1. The number of hydrogen-bond donors (Lipinski definition) is 0. The molecule has 1 aromatic rings. The van der Waals surface area contributed by atoms with Crippen molar-refractivity contribution < 1.29 is 9.53 Å². The Bertz CT molecular complexity index is 502. The highest BCUT2D eigenvalue weighted by Crippen LogP contribution is 2.39. The fourth-order valence-corrected chi connectivity index (χ4v) is 2.81. The third kappa shape index (κ3) is 3.18. The lowest BCUT2D eigenvalue weighted by atomic mass is 10.0. The molecule has 1 saturated heterocycles. The minimum absolute atomic E-state index is 0.167. The summed E-state index contributed by atoms with van der Waals surface area (Å²) in [5, 5.41) is 0. The van der Waals surface area contributed by atoms with Crippen molar-refractivity contribution in [3.63, 3.8) is 0 Å². The second-order valence-corrected chi connectivity index (χ2v) is 6.19. The van der Waals surface area contributed by atoms with Gasteiger partial charge in [-0.1, -0.05) is 13.0 Å². The molecule has 0 radical (unpaired) electrons. The SMILES string of the molecule is CCN1CCN(C(=O)OC2(C)CC2)CC1c1cccnc1. The van der Waals surface area contributed by atoms with Crippen molar-refractivity contribution in [1.82, 2.24) is 14.8 Å². The molecular weight excluding hydrogens is 266 g/mol. The van der Waals surface area contributed by atoms with Crippen LogP contribution in [0.15, 0.2) is 24.5 Å². The Labute approximate surface area is 125 Å². The Morgan fingerprint density at radius 3 is 2.90 bits per heavy atom. The summed E-state index contributed by atoms with van der Waals surface area (Å²) in [6.45, 7) is 7.42. The maximum atomic E-state index is 12.3. The predicted molar refractivity (Wildman–Crippen MR) is 79.9 cm³/mol. The van der Waals surface area contributed by atoms with Crippen molar-refractivity contribution in [3.05, 3.63) is 30.1 Å². The molecule has 21 heavy (non-hydrogen) atoms. The minimum Gasteiger partial charge on any atom is -0.443 e. The molecule has 1 amide bonds. The Balaban J connectivity index is 1.70. The molecule has 5 heteroatoms. The lowest BCUT2D eigenvalue weighted by molar-refractivity contribution is 0.0271. The van der Waals surface area contributed by atoms with Crippen molar-refractivity contribution in [2.24, 2.45) is 0 Å². The van der Waals surface area contributed by atoms with Crippen LogP contribution in [-0.4, -0.2) is 52.7 Å². The zero-order valence-electron chi connectivity index (χ0n) is 12.8. The predicted octanol–water partition coefficient (Wildman–Crippen LogP) is 2.45. The quantitative estimate of drug-likeness (QED) is 0.857. The first-order chi connectivity index (χ1) is 10.1. The number of amides is 1. The third-order valence-corrected chi connectivity index (χ3v) is 4.51. The Morgan fingerprint density at radius 2 is 2.29 bits per heavy atom. The fourth-order valence-electron chi connectivity index (χ4n) is 2.81. The highest BCUT2D eigenvalue weighted by Gasteiger charge is 2.43. The molecular formula is C16H23N3O2. The van der Waals surface area contributed by atoms with E-state index in [1.54, 1.807) is 6.20 Å². The molecule has 0 bridgehead atoms. The summed E-state index contributed by atoms with van der Waals surface area (Å²) >= 11 is 0. The maximum absolute atomic E-state index is 12.3. The van der Waals surface area contributed by atoms with Crippen LogP contribution in [0.3, 0.4) is 0 Å². The molecule has 0 N–H and O–H groups in total. The van der Waals surface area contributed by atoms with Gasteiger partial charge in [-0.15, -0.1) is 0 Å². The van der Waals surface area contributed by atoms with Crippen LogP contribution in [0.25, 0.3) is 0 Å². The molecule has 1 aliphatic heterocycles. The second kappa shape index (κ2) is 5.64. The van der Waals surface area contributed by atoms with Crippen molar-refractivity contribution in [3.8, 4) is 0 Å². The van der Waals surface area contributed by atoms with Gasteiger partial charge in [0.2, 0.25) is 0 Å². The number of piperazine rings is 1. The molecule has 1 saturated carbocycles.